The molecule has 21 heavy (non-hydrogen) atoms. The van der Waals surface area contributed by atoms with E-state index in [2.05, 4.69) is 6.92 Å². The Hall–Kier alpha value is -1.26. The monoisotopic (exact) mass is 311 g/mol. The van der Waals surface area contributed by atoms with Crippen LogP contribution in [-0.2, 0) is 9.53 Å². The first-order valence-corrected chi connectivity index (χ1v) is 7.56. The van der Waals surface area contributed by atoms with Crippen LogP contribution < -0.4 is 4.74 Å². The van der Waals surface area contributed by atoms with E-state index in [-0.39, 0.29) is 17.9 Å². The molecule has 0 bridgehead atoms. The van der Waals surface area contributed by atoms with E-state index in [9.17, 15) is 4.79 Å². The number of likely N-dealkylation sites (N-methyl/N-ethyl adjacent to an activating group) is 1. The maximum Gasteiger partial charge on any atom is 0.260 e. The summed E-state index contributed by atoms with van der Waals surface area (Å²) in [6, 6.07) is 7.07. The van der Waals surface area contributed by atoms with Crippen molar-refractivity contribution in [3.8, 4) is 5.75 Å². The van der Waals surface area contributed by atoms with Crippen LogP contribution in [0.1, 0.15) is 19.8 Å². The van der Waals surface area contributed by atoms with Gasteiger partial charge in [-0.25, -0.2) is 0 Å². The van der Waals surface area contributed by atoms with Gasteiger partial charge in [0.05, 0.1) is 0 Å². The van der Waals surface area contributed by atoms with Gasteiger partial charge in [0, 0.05) is 31.8 Å². The normalized spacial score (nSPS) is 17.3. The average Bonchev–Trinajstić information content (AvgIpc) is 2.45. The predicted molar refractivity (Wildman–Crippen MR) is 82.7 cm³/mol. The molecule has 0 unspecified atom stereocenters. The zero-order valence-corrected chi connectivity index (χ0v) is 13.4. The third-order valence-corrected chi connectivity index (χ3v) is 4.14. The number of carbonyl (C=O) groups is 1. The molecule has 1 fully saturated rings. The molecule has 0 saturated carbocycles. The van der Waals surface area contributed by atoms with E-state index >= 15 is 0 Å². The van der Waals surface area contributed by atoms with E-state index in [4.69, 9.17) is 21.1 Å². The first kappa shape index (κ1) is 16.1. The first-order valence-electron chi connectivity index (χ1n) is 7.19. The third-order valence-electron chi connectivity index (χ3n) is 3.90. The van der Waals surface area contributed by atoms with Crippen LogP contribution in [0.5, 0.6) is 5.75 Å². The highest BCUT2D eigenvalue weighted by molar-refractivity contribution is 6.30. The number of ether oxygens (including phenoxy) is 2. The molecule has 1 saturated heterocycles. The summed E-state index contributed by atoms with van der Waals surface area (Å²) in [5.41, 5.74) is 0.138. The molecule has 116 valence electrons. The summed E-state index contributed by atoms with van der Waals surface area (Å²) in [6.07, 6.45) is 1.97. The molecule has 1 aromatic rings. The van der Waals surface area contributed by atoms with Crippen molar-refractivity contribution >= 4 is 17.5 Å². The van der Waals surface area contributed by atoms with Gasteiger partial charge >= 0.3 is 0 Å². The molecule has 4 nitrogen and oxygen atoms in total. The Morgan fingerprint density at radius 2 is 2.14 bits per heavy atom. The minimum atomic E-state index is -0.0253. The van der Waals surface area contributed by atoms with E-state index in [1.54, 1.807) is 29.2 Å². The molecule has 1 aromatic carbocycles. The van der Waals surface area contributed by atoms with E-state index in [0.29, 0.717) is 10.8 Å². The molecule has 0 N–H and O–H groups in total. The number of hydrogen-bond acceptors (Lipinski definition) is 3. The topological polar surface area (TPSA) is 38.8 Å². The Morgan fingerprint density at radius 1 is 1.43 bits per heavy atom. The van der Waals surface area contributed by atoms with Crippen LogP contribution in [0.4, 0.5) is 0 Å². The summed E-state index contributed by atoms with van der Waals surface area (Å²) in [4.78, 5) is 13.9. The van der Waals surface area contributed by atoms with Crippen molar-refractivity contribution in [1.29, 1.82) is 0 Å². The van der Waals surface area contributed by atoms with E-state index < -0.39 is 0 Å². The smallest absolute Gasteiger partial charge is 0.260 e. The number of amides is 1. The Kier molecular flexibility index (Phi) is 5.48. The van der Waals surface area contributed by atoms with Crippen molar-refractivity contribution in [3.05, 3.63) is 29.3 Å². The highest BCUT2D eigenvalue weighted by atomic mass is 35.5. The van der Waals surface area contributed by atoms with Crippen molar-refractivity contribution < 1.29 is 14.3 Å². The van der Waals surface area contributed by atoms with Gasteiger partial charge in [-0.15, -0.1) is 0 Å². The average molecular weight is 312 g/mol. The van der Waals surface area contributed by atoms with Crippen molar-refractivity contribution in [3.63, 3.8) is 0 Å². The lowest BCUT2D eigenvalue weighted by Crippen LogP contribution is -2.42. The Morgan fingerprint density at radius 3 is 2.81 bits per heavy atom. The minimum Gasteiger partial charge on any atom is -0.484 e. The zero-order valence-electron chi connectivity index (χ0n) is 12.6. The van der Waals surface area contributed by atoms with Crippen LogP contribution in [0.15, 0.2) is 24.3 Å². The maximum absolute atomic E-state index is 12.2. The van der Waals surface area contributed by atoms with Crippen LogP contribution in [0.25, 0.3) is 0 Å². The molecule has 5 heteroatoms. The summed E-state index contributed by atoms with van der Waals surface area (Å²) in [7, 11) is 1.82. The standard InChI is InChI=1S/C16H22ClNO3/c1-16(6-8-20-9-7-16)12-18(2)15(19)11-21-14-5-3-4-13(17)10-14/h3-5,10H,6-9,11-12H2,1-2H3. The quantitative estimate of drug-likeness (QED) is 0.839. The molecule has 1 aliphatic rings. The Balaban J connectivity index is 1.82. The Bertz CT molecular complexity index is 486. The fourth-order valence-corrected chi connectivity index (χ4v) is 2.68. The predicted octanol–water partition coefficient (Wildman–Crippen LogP) is 2.99. The van der Waals surface area contributed by atoms with Gasteiger partial charge in [-0.3, -0.25) is 4.79 Å². The van der Waals surface area contributed by atoms with Gasteiger partial charge in [0.2, 0.25) is 0 Å². The number of carbonyl (C=O) groups excluding carboxylic acids is 1. The molecule has 2 rings (SSSR count). The van der Waals surface area contributed by atoms with Crippen LogP contribution in [0, 0.1) is 5.41 Å². The SMILES string of the molecule is CN(CC1(C)CCOCC1)C(=O)COc1cccc(Cl)c1. The lowest BCUT2D eigenvalue weighted by atomic mass is 9.82. The van der Waals surface area contributed by atoms with Gasteiger partial charge in [0.25, 0.3) is 5.91 Å². The molecule has 0 aliphatic carbocycles. The fraction of sp³-hybridized carbons (Fsp3) is 0.562. The Labute approximate surface area is 131 Å². The van der Waals surface area contributed by atoms with Crippen molar-refractivity contribution in [2.45, 2.75) is 19.8 Å². The zero-order chi connectivity index (χ0) is 15.3. The number of nitrogens with zero attached hydrogens (tertiary/aromatic N) is 1. The van der Waals surface area contributed by atoms with Crippen molar-refractivity contribution in [2.24, 2.45) is 5.41 Å². The molecule has 0 spiro atoms. The summed E-state index contributed by atoms with van der Waals surface area (Å²) >= 11 is 5.88. The lowest BCUT2D eigenvalue weighted by molar-refractivity contribution is -0.134. The van der Waals surface area contributed by atoms with Crippen molar-refractivity contribution in [1.82, 2.24) is 4.90 Å². The molecule has 1 amide bonds. The number of hydrogen-bond donors (Lipinski definition) is 0. The van der Waals surface area contributed by atoms with Crippen LogP contribution in [0.3, 0.4) is 0 Å². The van der Waals surface area contributed by atoms with Crippen LogP contribution in [-0.4, -0.2) is 44.2 Å². The number of halogens is 1. The van der Waals surface area contributed by atoms with Crippen molar-refractivity contribution in [2.75, 3.05) is 33.4 Å². The summed E-state index contributed by atoms with van der Waals surface area (Å²) in [5.74, 6) is 0.587. The highest BCUT2D eigenvalue weighted by Gasteiger charge is 2.30. The molecule has 1 aliphatic heterocycles. The largest absolute Gasteiger partial charge is 0.484 e. The summed E-state index contributed by atoms with van der Waals surface area (Å²) in [6.45, 7) is 4.52. The molecule has 0 atom stereocenters. The highest BCUT2D eigenvalue weighted by Crippen LogP contribution is 2.30. The number of rotatable bonds is 5. The second-order valence-corrected chi connectivity index (χ2v) is 6.36. The molecule has 1 heterocycles. The van der Waals surface area contributed by atoms with Gasteiger partial charge in [-0.1, -0.05) is 24.6 Å². The second-order valence-electron chi connectivity index (χ2n) is 5.92. The van der Waals surface area contributed by atoms with Gasteiger partial charge in [-0.2, -0.15) is 0 Å². The third kappa shape index (κ3) is 4.90. The van der Waals surface area contributed by atoms with Gasteiger partial charge in [0.15, 0.2) is 6.61 Å². The maximum atomic E-state index is 12.2. The van der Waals surface area contributed by atoms with E-state index in [1.165, 1.54) is 0 Å². The molecule has 0 aromatic heterocycles. The van der Waals surface area contributed by atoms with Gasteiger partial charge in [-0.05, 0) is 36.5 Å². The summed E-state index contributed by atoms with van der Waals surface area (Å²) < 4.78 is 10.9. The number of benzene rings is 1. The summed E-state index contributed by atoms with van der Waals surface area (Å²) in [5, 5.41) is 0.600. The van der Waals surface area contributed by atoms with Gasteiger partial charge in [0.1, 0.15) is 5.75 Å². The van der Waals surface area contributed by atoms with E-state index in [0.717, 1.165) is 32.6 Å². The van der Waals surface area contributed by atoms with E-state index in [1.807, 2.05) is 7.05 Å². The molecular weight excluding hydrogens is 290 g/mol. The second kappa shape index (κ2) is 7.14. The fourth-order valence-electron chi connectivity index (χ4n) is 2.50. The lowest BCUT2D eigenvalue weighted by Gasteiger charge is -2.36. The molecular formula is C16H22ClNO3. The first-order chi connectivity index (χ1) is 9.98. The van der Waals surface area contributed by atoms with Gasteiger partial charge < -0.3 is 14.4 Å². The van der Waals surface area contributed by atoms with Crippen LogP contribution in [0.2, 0.25) is 5.02 Å². The molecule has 0 radical (unpaired) electrons. The minimum absolute atomic E-state index is 0.0253. The van der Waals surface area contributed by atoms with Crippen LogP contribution >= 0.6 is 11.6 Å².